The maximum atomic E-state index is 13.5. The monoisotopic (exact) mass is 352 g/mol. The second kappa shape index (κ2) is 8.01. The van der Waals surface area contributed by atoms with Crippen molar-refractivity contribution in [2.75, 3.05) is 7.11 Å². The molecule has 0 amide bonds. The molecule has 2 aromatic heterocycles. The second-order valence-electron chi connectivity index (χ2n) is 6.04. The number of methoxy groups -OCH3 is 1. The van der Waals surface area contributed by atoms with Crippen molar-refractivity contribution in [2.45, 2.75) is 26.4 Å². The van der Waals surface area contributed by atoms with Crippen LogP contribution in [0, 0.1) is 12.7 Å². The summed E-state index contributed by atoms with van der Waals surface area (Å²) < 4.78 is 18.5. The molecule has 0 aliphatic carbocycles. The van der Waals surface area contributed by atoms with Crippen LogP contribution in [0.4, 0.5) is 4.39 Å². The van der Waals surface area contributed by atoms with Crippen LogP contribution in [0.3, 0.4) is 0 Å². The van der Waals surface area contributed by atoms with Crippen LogP contribution in [0.15, 0.2) is 48.9 Å². The summed E-state index contributed by atoms with van der Waals surface area (Å²) in [5.41, 5.74) is 3.83. The van der Waals surface area contributed by atoms with Gasteiger partial charge in [-0.05, 0) is 43.7 Å². The van der Waals surface area contributed by atoms with Gasteiger partial charge in [0.1, 0.15) is 0 Å². The highest BCUT2D eigenvalue weighted by Crippen LogP contribution is 2.21. The summed E-state index contributed by atoms with van der Waals surface area (Å²) in [6, 6.07) is 8.69. The molecule has 0 bridgehead atoms. The van der Waals surface area contributed by atoms with Crippen LogP contribution in [0.25, 0.3) is 11.4 Å². The zero-order valence-electron chi connectivity index (χ0n) is 15.0. The number of nitrogens with one attached hydrogen (secondary N) is 1. The summed E-state index contributed by atoms with van der Waals surface area (Å²) in [5, 5.41) is 3.42. The van der Waals surface area contributed by atoms with Crippen LogP contribution in [0.1, 0.15) is 29.8 Å². The Balaban J connectivity index is 1.71. The van der Waals surface area contributed by atoms with Gasteiger partial charge in [-0.1, -0.05) is 6.07 Å². The summed E-state index contributed by atoms with van der Waals surface area (Å²) in [7, 11) is 1.46. The number of aromatic nitrogens is 3. The standard InChI is InChI=1S/C20H21FN4O/c1-13(23-11-15-4-5-18(21)19(10-15)26-3)17-12-24-20(25-14(17)2)16-6-8-22-9-7-16/h4-10,12-13,23H,11H2,1-3H3. The van der Waals surface area contributed by atoms with E-state index in [1.165, 1.54) is 13.2 Å². The highest BCUT2D eigenvalue weighted by atomic mass is 19.1. The zero-order valence-corrected chi connectivity index (χ0v) is 15.0. The van der Waals surface area contributed by atoms with Crippen LogP contribution in [-0.4, -0.2) is 22.1 Å². The number of halogens is 1. The molecule has 3 aromatic rings. The molecule has 26 heavy (non-hydrogen) atoms. The van der Waals surface area contributed by atoms with Gasteiger partial charge in [0, 0.05) is 48.0 Å². The van der Waals surface area contributed by atoms with Crippen molar-refractivity contribution in [3.05, 3.63) is 71.6 Å². The van der Waals surface area contributed by atoms with Crippen LogP contribution in [0.2, 0.25) is 0 Å². The lowest BCUT2D eigenvalue weighted by atomic mass is 10.1. The summed E-state index contributed by atoms with van der Waals surface area (Å²) in [4.78, 5) is 13.1. The van der Waals surface area contributed by atoms with E-state index in [0.29, 0.717) is 12.4 Å². The van der Waals surface area contributed by atoms with Gasteiger partial charge in [-0.15, -0.1) is 0 Å². The topological polar surface area (TPSA) is 59.9 Å². The number of pyridine rings is 1. The van der Waals surface area contributed by atoms with Crippen LogP contribution >= 0.6 is 0 Å². The molecule has 0 fully saturated rings. The first kappa shape index (κ1) is 17.9. The molecule has 0 saturated heterocycles. The van der Waals surface area contributed by atoms with Crippen LogP contribution in [0.5, 0.6) is 5.75 Å². The minimum absolute atomic E-state index is 0.0533. The largest absolute Gasteiger partial charge is 0.494 e. The van der Waals surface area contributed by atoms with E-state index in [2.05, 4.69) is 27.2 Å². The number of aryl methyl sites for hydroxylation is 1. The molecule has 1 atom stereocenters. The number of hydrogen-bond donors (Lipinski definition) is 1. The molecule has 1 unspecified atom stereocenters. The number of benzene rings is 1. The van der Waals surface area contributed by atoms with E-state index in [0.717, 1.165) is 22.4 Å². The second-order valence-corrected chi connectivity index (χ2v) is 6.04. The summed E-state index contributed by atoms with van der Waals surface area (Å²) in [5.74, 6) is 0.572. The minimum atomic E-state index is -0.361. The Hall–Kier alpha value is -2.86. The number of rotatable bonds is 6. The first-order valence-corrected chi connectivity index (χ1v) is 8.38. The quantitative estimate of drug-likeness (QED) is 0.730. The maximum Gasteiger partial charge on any atom is 0.165 e. The Morgan fingerprint density at radius 3 is 2.65 bits per heavy atom. The van der Waals surface area contributed by atoms with E-state index < -0.39 is 0 Å². The Morgan fingerprint density at radius 2 is 1.96 bits per heavy atom. The van der Waals surface area contributed by atoms with Crippen molar-refractivity contribution in [3.63, 3.8) is 0 Å². The Kier molecular flexibility index (Phi) is 5.53. The van der Waals surface area contributed by atoms with E-state index in [-0.39, 0.29) is 17.6 Å². The third kappa shape index (κ3) is 4.03. The predicted octanol–water partition coefficient (Wildman–Crippen LogP) is 3.85. The van der Waals surface area contributed by atoms with Gasteiger partial charge in [0.15, 0.2) is 17.4 Å². The third-order valence-corrected chi connectivity index (χ3v) is 4.25. The Labute approximate surface area is 152 Å². The molecule has 1 N–H and O–H groups in total. The number of ether oxygens (including phenoxy) is 1. The summed E-state index contributed by atoms with van der Waals surface area (Å²) >= 11 is 0. The molecular weight excluding hydrogens is 331 g/mol. The summed E-state index contributed by atoms with van der Waals surface area (Å²) in [6.45, 7) is 4.61. The summed E-state index contributed by atoms with van der Waals surface area (Å²) in [6.07, 6.45) is 5.30. The van der Waals surface area contributed by atoms with Gasteiger partial charge in [0.25, 0.3) is 0 Å². The number of hydrogen-bond acceptors (Lipinski definition) is 5. The van der Waals surface area contributed by atoms with E-state index in [1.807, 2.05) is 25.3 Å². The lowest BCUT2D eigenvalue weighted by molar-refractivity contribution is 0.385. The fourth-order valence-electron chi connectivity index (χ4n) is 2.74. The van der Waals surface area contributed by atoms with Gasteiger partial charge in [-0.2, -0.15) is 0 Å². The van der Waals surface area contributed by atoms with Crippen LogP contribution < -0.4 is 10.1 Å². The lowest BCUT2D eigenvalue weighted by Crippen LogP contribution is -2.19. The van der Waals surface area contributed by atoms with E-state index in [9.17, 15) is 4.39 Å². The molecule has 0 aliphatic rings. The highest BCUT2D eigenvalue weighted by Gasteiger charge is 2.12. The molecule has 0 saturated carbocycles. The molecule has 3 rings (SSSR count). The number of nitrogens with zero attached hydrogens (tertiary/aromatic N) is 3. The third-order valence-electron chi connectivity index (χ3n) is 4.25. The fourth-order valence-corrected chi connectivity index (χ4v) is 2.74. The van der Waals surface area contributed by atoms with Crippen molar-refractivity contribution in [1.29, 1.82) is 0 Å². The van der Waals surface area contributed by atoms with Gasteiger partial charge >= 0.3 is 0 Å². The first-order chi connectivity index (χ1) is 12.6. The van der Waals surface area contributed by atoms with Gasteiger partial charge in [-0.3, -0.25) is 4.98 Å². The molecule has 1 aromatic carbocycles. The molecule has 134 valence electrons. The average Bonchev–Trinajstić information content (AvgIpc) is 2.67. The highest BCUT2D eigenvalue weighted by molar-refractivity contribution is 5.53. The molecule has 0 spiro atoms. The minimum Gasteiger partial charge on any atom is -0.494 e. The van der Waals surface area contributed by atoms with E-state index >= 15 is 0 Å². The van der Waals surface area contributed by atoms with Gasteiger partial charge < -0.3 is 10.1 Å². The lowest BCUT2D eigenvalue weighted by Gasteiger charge is -2.17. The van der Waals surface area contributed by atoms with Crippen molar-refractivity contribution >= 4 is 0 Å². The fraction of sp³-hybridized carbons (Fsp3) is 0.250. The van der Waals surface area contributed by atoms with Crippen molar-refractivity contribution in [1.82, 2.24) is 20.3 Å². The predicted molar refractivity (Wildman–Crippen MR) is 98.2 cm³/mol. The molecule has 0 aliphatic heterocycles. The Morgan fingerprint density at radius 1 is 1.19 bits per heavy atom. The molecule has 5 nitrogen and oxygen atoms in total. The van der Waals surface area contributed by atoms with Crippen LogP contribution in [-0.2, 0) is 6.54 Å². The molecule has 0 radical (unpaired) electrons. The first-order valence-electron chi connectivity index (χ1n) is 8.38. The average molecular weight is 352 g/mol. The molecule has 6 heteroatoms. The maximum absolute atomic E-state index is 13.5. The van der Waals surface area contributed by atoms with Crippen molar-refractivity contribution < 1.29 is 9.13 Å². The van der Waals surface area contributed by atoms with Gasteiger partial charge in [-0.25, -0.2) is 14.4 Å². The SMILES string of the molecule is COc1cc(CNC(C)c2cnc(-c3ccncc3)nc2C)ccc1F. The molecular formula is C20H21FN4O. The van der Waals surface area contributed by atoms with Gasteiger partial charge in [0.05, 0.1) is 7.11 Å². The zero-order chi connectivity index (χ0) is 18.5. The smallest absolute Gasteiger partial charge is 0.165 e. The molecule has 2 heterocycles. The normalized spacial score (nSPS) is 12.0. The van der Waals surface area contributed by atoms with Gasteiger partial charge in [0.2, 0.25) is 0 Å². The Bertz CT molecular complexity index is 886. The van der Waals surface area contributed by atoms with Crippen molar-refractivity contribution in [3.8, 4) is 17.1 Å². The van der Waals surface area contributed by atoms with E-state index in [4.69, 9.17) is 4.74 Å². The van der Waals surface area contributed by atoms with Crippen molar-refractivity contribution in [2.24, 2.45) is 0 Å². The van der Waals surface area contributed by atoms with E-state index in [1.54, 1.807) is 24.5 Å².